The fourth-order valence-corrected chi connectivity index (χ4v) is 1.43. The highest BCUT2D eigenvalue weighted by molar-refractivity contribution is 5.85. The van der Waals surface area contributed by atoms with E-state index in [1.807, 2.05) is 0 Å². The normalized spacial score (nSPS) is 18.5. The summed E-state index contributed by atoms with van der Waals surface area (Å²) in [5, 5.41) is 6.39. The SMILES string of the molecule is [N-]=[N+]=NCCNC1(C(N)=O)CCC1. The third-order valence-electron chi connectivity index (χ3n) is 2.42. The maximum atomic E-state index is 11.0. The fraction of sp³-hybridized carbons (Fsp3) is 0.857. The van der Waals surface area contributed by atoms with Crippen LogP contribution in [-0.2, 0) is 4.79 Å². The number of azide groups is 1. The number of carbonyl (C=O) groups excluding carboxylic acids is 1. The minimum Gasteiger partial charge on any atom is -0.368 e. The second-order valence-corrected chi connectivity index (χ2v) is 3.18. The van der Waals surface area contributed by atoms with Crippen molar-refractivity contribution in [1.82, 2.24) is 5.32 Å². The quantitative estimate of drug-likeness (QED) is 0.277. The average molecular weight is 183 g/mol. The molecule has 0 aromatic heterocycles. The number of nitrogens with two attached hydrogens (primary N) is 1. The molecule has 0 saturated heterocycles. The Bertz CT molecular complexity index is 241. The molecule has 1 aliphatic carbocycles. The van der Waals surface area contributed by atoms with Gasteiger partial charge in [0.15, 0.2) is 0 Å². The molecule has 0 radical (unpaired) electrons. The number of hydrogen-bond donors (Lipinski definition) is 2. The van der Waals surface area contributed by atoms with Gasteiger partial charge >= 0.3 is 0 Å². The molecule has 0 atom stereocenters. The minimum absolute atomic E-state index is 0.306. The first-order valence-electron chi connectivity index (χ1n) is 4.27. The largest absolute Gasteiger partial charge is 0.368 e. The van der Waals surface area contributed by atoms with Crippen molar-refractivity contribution in [3.05, 3.63) is 10.4 Å². The number of amides is 1. The number of nitrogens with zero attached hydrogens (tertiary/aromatic N) is 3. The Morgan fingerprint density at radius 3 is 2.77 bits per heavy atom. The van der Waals surface area contributed by atoms with Gasteiger partial charge in [-0.1, -0.05) is 5.11 Å². The van der Waals surface area contributed by atoms with Crippen LogP contribution in [0.5, 0.6) is 0 Å². The van der Waals surface area contributed by atoms with Crippen molar-refractivity contribution < 1.29 is 4.79 Å². The molecule has 0 unspecified atom stereocenters. The molecule has 0 aliphatic heterocycles. The number of nitrogens with one attached hydrogen (secondary N) is 1. The summed E-state index contributed by atoms with van der Waals surface area (Å²) in [6, 6.07) is 0. The van der Waals surface area contributed by atoms with Crippen LogP contribution >= 0.6 is 0 Å². The smallest absolute Gasteiger partial charge is 0.237 e. The van der Waals surface area contributed by atoms with Gasteiger partial charge in [-0.3, -0.25) is 4.79 Å². The van der Waals surface area contributed by atoms with Crippen LogP contribution in [0.15, 0.2) is 5.11 Å². The molecule has 0 heterocycles. The van der Waals surface area contributed by atoms with Crippen LogP contribution in [0.25, 0.3) is 10.4 Å². The highest BCUT2D eigenvalue weighted by atomic mass is 16.1. The van der Waals surface area contributed by atoms with E-state index >= 15 is 0 Å². The molecule has 6 nitrogen and oxygen atoms in total. The van der Waals surface area contributed by atoms with Gasteiger partial charge in [0.25, 0.3) is 0 Å². The summed E-state index contributed by atoms with van der Waals surface area (Å²) in [5.41, 5.74) is 12.7. The molecule has 1 saturated carbocycles. The van der Waals surface area contributed by atoms with E-state index in [0.29, 0.717) is 13.1 Å². The summed E-state index contributed by atoms with van der Waals surface area (Å²) >= 11 is 0. The minimum atomic E-state index is -0.523. The molecular weight excluding hydrogens is 170 g/mol. The monoisotopic (exact) mass is 183 g/mol. The molecule has 13 heavy (non-hydrogen) atoms. The molecule has 1 fully saturated rings. The van der Waals surface area contributed by atoms with Gasteiger partial charge in [0.2, 0.25) is 5.91 Å². The zero-order valence-electron chi connectivity index (χ0n) is 7.36. The maximum Gasteiger partial charge on any atom is 0.237 e. The summed E-state index contributed by atoms with van der Waals surface area (Å²) < 4.78 is 0. The molecule has 0 bridgehead atoms. The fourth-order valence-electron chi connectivity index (χ4n) is 1.43. The topological polar surface area (TPSA) is 104 Å². The average Bonchev–Trinajstić information content (AvgIpc) is 2.01. The second-order valence-electron chi connectivity index (χ2n) is 3.18. The van der Waals surface area contributed by atoms with Crippen LogP contribution in [0.3, 0.4) is 0 Å². The van der Waals surface area contributed by atoms with E-state index in [2.05, 4.69) is 15.3 Å². The van der Waals surface area contributed by atoms with Crippen molar-refractivity contribution in [2.24, 2.45) is 10.8 Å². The Morgan fingerprint density at radius 2 is 2.38 bits per heavy atom. The van der Waals surface area contributed by atoms with Crippen molar-refractivity contribution in [2.75, 3.05) is 13.1 Å². The van der Waals surface area contributed by atoms with E-state index in [9.17, 15) is 4.79 Å². The van der Waals surface area contributed by atoms with Crippen molar-refractivity contribution in [2.45, 2.75) is 24.8 Å². The number of carbonyl (C=O) groups is 1. The molecule has 72 valence electrons. The van der Waals surface area contributed by atoms with E-state index in [1.165, 1.54) is 0 Å². The lowest BCUT2D eigenvalue weighted by atomic mass is 9.76. The maximum absolute atomic E-state index is 11.0. The highest BCUT2D eigenvalue weighted by Gasteiger charge is 2.41. The van der Waals surface area contributed by atoms with Crippen LogP contribution in [0.2, 0.25) is 0 Å². The molecule has 0 aromatic carbocycles. The van der Waals surface area contributed by atoms with E-state index < -0.39 is 5.54 Å². The predicted molar refractivity (Wildman–Crippen MR) is 47.8 cm³/mol. The Hall–Kier alpha value is -1.26. The highest BCUT2D eigenvalue weighted by Crippen LogP contribution is 2.31. The Balaban J connectivity index is 2.32. The molecule has 3 N–H and O–H groups in total. The van der Waals surface area contributed by atoms with Gasteiger partial charge in [-0.25, -0.2) is 0 Å². The zero-order valence-corrected chi connectivity index (χ0v) is 7.36. The lowest BCUT2D eigenvalue weighted by Gasteiger charge is -2.39. The standard InChI is InChI=1S/C7H13N5O/c8-6(13)7(2-1-3-7)10-4-5-11-12-9/h10H,1-5H2,(H2,8,13). The summed E-state index contributed by atoms with van der Waals surface area (Å²) in [5.74, 6) is -0.306. The van der Waals surface area contributed by atoms with Crippen molar-refractivity contribution >= 4 is 5.91 Å². The van der Waals surface area contributed by atoms with Crippen LogP contribution in [0, 0.1) is 0 Å². The van der Waals surface area contributed by atoms with Gasteiger partial charge in [-0.05, 0) is 24.8 Å². The Kier molecular flexibility index (Phi) is 3.11. The third-order valence-corrected chi connectivity index (χ3v) is 2.42. The van der Waals surface area contributed by atoms with Crippen LogP contribution in [0.1, 0.15) is 19.3 Å². The van der Waals surface area contributed by atoms with Crippen LogP contribution in [0.4, 0.5) is 0 Å². The van der Waals surface area contributed by atoms with Gasteiger partial charge in [-0.15, -0.1) is 0 Å². The van der Waals surface area contributed by atoms with E-state index in [1.54, 1.807) is 0 Å². The van der Waals surface area contributed by atoms with Crippen molar-refractivity contribution in [3.8, 4) is 0 Å². The first-order chi connectivity index (χ1) is 6.21. The van der Waals surface area contributed by atoms with E-state index in [-0.39, 0.29) is 5.91 Å². The van der Waals surface area contributed by atoms with Gasteiger partial charge in [0.1, 0.15) is 0 Å². The molecule has 0 spiro atoms. The van der Waals surface area contributed by atoms with E-state index in [4.69, 9.17) is 11.3 Å². The van der Waals surface area contributed by atoms with Crippen LogP contribution < -0.4 is 11.1 Å². The van der Waals surface area contributed by atoms with Crippen molar-refractivity contribution in [1.29, 1.82) is 0 Å². The zero-order chi connectivity index (χ0) is 9.73. The van der Waals surface area contributed by atoms with Gasteiger partial charge in [-0.2, -0.15) is 0 Å². The molecule has 6 heteroatoms. The molecule has 1 rings (SSSR count). The van der Waals surface area contributed by atoms with Gasteiger partial charge < -0.3 is 11.1 Å². The first kappa shape index (κ1) is 9.83. The van der Waals surface area contributed by atoms with Gasteiger partial charge in [0, 0.05) is 18.0 Å². The molecule has 1 aliphatic rings. The predicted octanol–water partition coefficient (Wildman–Crippen LogP) is 0.294. The summed E-state index contributed by atoms with van der Waals surface area (Å²) in [6.45, 7) is 0.860. The molecule has 0 aromatic rings. The Morgan fingerprint density at radius 1 is 1.69 bits per heavy atom. The number of rotatable bonds is 5. The Labute approximate surface area is 76.1 Å². The third kappa shape index (κ3) is 2.11. The van der Waals surface area contributed by atoms with Gasteiger partial charge in [0.05, 0.1) is 5.54 Å². The first-order valence-corrected chi connectivity index (χ1v) is 4.27. The lowest BCUT2D eigenvalue weighted by Crippen LogP contribution is -2.60. The van der Waals surface area contributed by atoms with Crippen LogP contribution in [-0.4, -0.2) is 24.5 Å². The molecular formula is C7H13N5O. The number of hydrogen-bond acceptors (Lipinski definition) is 3. The number of primary amides is 1. The second kappa shape index (κ2) is 4.11. The lowest BCUT2D eigenvalue weighted by molar-refractivity contribution is -0.127. The van der Waals surface area contributed by atoms with E-state index in [0.717, 1.165) is 19.3 Å². The summed E-state index contributed by atoms with van der Waals surface area (Å²) in [7, 11) is 0. The molecule has 1 amide bonds. The summed E-state index contributed by atoms with van der Waals surface area (Å²) in [6.07, 6.45) is 2.61. The summed E-state index contributed by atoms with van der Waals surface area (Å²) in [4.78, 5) is 13.6. The van der Waals surface area contributed by atoms with Crippen molar-refractivity contribution in [3.63, 3.8) is 0 Å².